The summed E-state index contributed by atoms with van der Waals surface area (Å²) in [6.45, 7) is 16.2. The third kappa shape index (κ3) is 4.05. The Morgan fingerprint density at radius 1 is 0.696 bits per heavy atom. The Labute approximate surface area is 143 Å². The van der Waals surface area contributed by atoms with Crippen LogP contribution >= 0.6 is 0 Å². The third-order valence-electron chi connectivity index (χ3n) is 4.67. The van der Waals surface area contributed by atoms with Crippen LogP contribution in [0.4, 0.5) is 0 Å². The standard InChI is InChI=1S/C23H32/c1-8-19(17-12-10-9-11-13-17)18-14-15-20(22(2,3)4)21(16-18)23(5,6)7/h9-16,19H,8H2,1-7H3. The molecule has 0 aliphatic rings. The summed E-state index contributed by atoms with van der Waals surface area (Å²) in [6.07, 6.45) is 1.13. The van der Waals surface area contributed by atoms with Crippen molar-refractivity contribution in [3.05, 3.63) is 70.8 Å². The van der Waals surface area contributed by atoms with E-state index in [4.69, 9.17) is 0 Å². The van der Waals surface area contributed by atoms with E-state index in [1.807, 2.05) is 0 Å². The first-order valence-corrected chi connectivity index (χ1v) is 8.84. The quantitative estimate of drug-likeness (QED) is 0.583. The molecule has 0 saturated heterocycles. The largest absolute Gasteiger partial charge is 0.0645 e. The molecule has 0 bridgehead atoms. The first-order chi connectivity index (χ1) is 10.6. The molecule has 0 amide bonds. The van der Waals surface area contributed by atoms with Crippen molar-refractivity contribution in [3.63, 3.8) is 0 Å². The Kier molecular flexibility index (Phi) is 5.04. The van der Waals surface area contributed by atoms with Gasteiger partial charge in [-0.2, -0.15) is 0 Å². The van der Waals surface area contributed by atoms with Crippen molar-refractivity contribution in [2.24, 2.45) is 0 Å². The van der Waals surface area contributed by atoms with E-state index in [2.05, 4.69) is 97.0 Å². The zero-order valence-electron chi connectivity index (χ0n) is 15.9. The minimum absolute atomic E-state index is 0.160. The summed E-state index contributed by atoms with van der Waals surface area (Å²) < 4.78 is 0. The molecule has 2 aromatic rings. The van der Waals surface area contributed by atoms with Gasteiger partial charge in [0.25, 0.3) is 0 Å². The molecule has 0 spiro atoms. The summed E-state index contributed by atoms with van der Waals surface area (Å²) in [7, 11) is 0. The summed E-state index contributed by atoms with van der Waals surface area (Å²) in [5.74, 6) is 0.478. The lowest BCUT2D eigenvalue weighted by molar-refractivity contribution is 0.528. The fourth-order valence-corrected chi connectivity index (χ4v) is 3.40. The lowest BCUT2D eigenvalue weighted by Gasteiger charge is -2.31. The van der Waals surface area contributed by atoms with E-state index in [-0.39, 0.29) is 10.8 Å². The molecule has 0 fully saturated rings. The minimum atomic E-state index is 0.160. The van der Waals surface area contributed by atoms with Gasteiger partial charge in [0.2, 0.25) is 0 Å². The molecule has 0 heterocycles. The molecule has 0 aromatic heterocycles. The first-order valence-electron chi connectivity index (χ1n) is 8.84. The van der Waals surface area contributed by atoms with E-state index in [9.17, 15) is 0 Å². The minimum Gasteiger partial charge on any atom is -0.0645 e. The van der Waals surface area contributed by atoms with E-state index in [0.717, 1.165) is 6.42 Å². The normalized spacial score (nSPS) is 13.9. The topological polar surface area (TPSA) is 0 Å². The summed E-state index contributed by atoms with van der Waals surface area (Å²) in [5.41, 5.74) is 6.15. The molecule has 0 nitrogen and oxygen atoms in total. The Balaban J connectivity index is 2.57. The van der Waals surface area contributed by atoms with Crippen LogP contribution in [0.15, 0.2) is 48.5 Å². The molecule has 2 rings (SSSR count). The van der Waals surface area contributed by atoms with Crippen LogP contribution in [0.3, 0.4) is 0 Å². The van der Waals surface area contributed by atoms with Crippen molar-refractivity contribution < 1.29 is 0 Å². The summed E-state index contributed by atoms with van der Waals surface area (Å²) in [4.78, 5) is 0. The van der Waals surface area contributed by atoms with Gasteiger partial charge in [0.1, 0.15) is 0 Å². The van der Waals surface area contributed by atoms with Gasteiger partial charge in [-0.15, -0.1) is 0 Å². The second-order valence-electron chi connectivity index (χ2n) is 8.68. The van der Waals surface area contributed by atoms with Gasteiger partial charge in [-0.3, -0.25) is 0 Å². The van der Waals surface area contributed by atoms with Crippen molar-refractivity contribution in [3.8, 4) is 0 Å². The highest BCUT2D eigenvalue weighted by Crippen LogP contribution is 2.37. The lowest BCUT2D eigenvalue weighted by atomic mass is 9.73. The summed E-state index contributed by atoms with van der Waals surface area (Å²) in [5, 5.41) is 0. The zero-order chi connectivity index (χ0) is 17.3. The molecule has 0 heteroatoms. The van der Waals surface area contributed by atoms with Crippen molar-refractivity contribution in [2.45, 2.75) is 71.6 Å². The SMILES string of the molecule is CCC(c1ccccc1)c1ccc(C(C)(C)C)c(C(C)(C)C)c1. The third-order valence-corrected chi connectivity index (χ3v) is 4.67. The number of hydrogen-bond acceptors (Lipinski definition) is 0. The molecule has 0 radical (unpaired) electrons. The highest BCUT2D eigenvalue weighted by atomic mass is 14.3. The first kappa shape index (κ1) is 17.8. The van der Waals surface area contributed by atoms with Crippen LogP contribution in [-0.2, 0) is 10.8 Å². The van der Waals surface area contributed by atoms with Crippen molar-refractivity contribution in [1.29, 1.82) is 0 Å². The molecule has 0 aliphatic carbocycles. The molecular formula is C23H32. The summed E-state index contributed by atoms with van der Waals surface area (Å²) in [6, 6.07) is 18.1. The van der Waals surface area contributed by atoms with Crippen molar-refractivity contribution >= 4 is 0 Å². The van der Waals surface area contributed by atoms with Crippen LogP contribution in [0.2, 0.25) is 0 Å². The number of rotatable bonds is 3. The molecule has 124 valence electrons. The number of benzene rings is 2. The lowest BCUT2D eigenvalue weighted by Crippen LogP contribution is -2.22. The molecule has 0 N–H and O–H groups in total. The maximum Gasteiger partial charge on any atom is 0.00868 e. The summed E-state index contributed by atoms with van der Waals surface area (Å²) >= 11 is 0. The molecular weight excluding hydrogens is 276 g/mol. The Hall–Kier alpha value is -1.56. The highest BCUT2D eigenvalue weighted by molar-refractivity contribution is 5.44. The van der Waals surface area contributed by atoms with Gasteiger partial charge in [-0.25, -0.2) is 0 Å². The van der Waals surface area contributed by atoms with Crippen LogP contribution in [0.25, 0.3) is 0 Å². The van der Waals surface area contributed by atoms with E-state index >= 15 is 0 Å². The van der Waals surface area contributed by atoms with Gasteiger partial charge in [0.05, 0.1) is 0 Å². The molecule has 0 aliphatic heterocycles. The smallest absolute Gasteiger partial charge is 0.00868 e. The average Bonchev–Trinajstić information content (AvgIpc) is 2.47. The monoisotopic (exact) mass is 308 g/mol. The maximum absolute atomic E-state index is 2.46. The highest BCUT2D eigenvalue weighted by Gasteiger charge is 2.26. The molecule has 0 saturated carbocycles. The Bertz CT molecular complexity index is 636. The maximum atomic E-state index is 2.46. The van der Waals surface area contributed by atoms with E-state index in [0.29, 0.717) is 5.92 Å². The Morgan fingerprint density at radius 2 is 1.26 bits per heavy atom. The zero-order valence-corrected chi connectivity index (χ0v) is 15.9. The van der Waals surface area contributed by atoms with Crippen LogP contribution < -0.4 is 0 Å². The van der Waals surface area contributed by atoms with Crippen LogP contribution in [0, 0.1) is 0 Å². The second kappa shape index (κ2) is 6.51. The molecule has 1 atom stereocenters. The van der Waals surface area contributed by atoms with E-state index < -0.39 is 0 Å². The van der Waals surface area contributed by atoms with Gasteiger partial charge in [-0.1, -0.05) is 97.0 Å². The molecule has 2 aromatic carbocycles. The van der Waals surface area contributed by atoms with Crippen molar-refractivity contribution in [2.75, 3.05) is 0 Å². The van der Waals surface area contributed by atoms with Crippen molar-refractivity contribution in [1.82, 2.24) is 0 Å². The fourth-order valence-electron chi connectivity index (χ4n) is 3.40. The predicted octanol–water partition coefficient (Wildman–Crippen LogP) is 6.82. The van der Waals surface area contributed by atoms with Crippen LogP contribution in [-0.4, -0.2) is 0 Å². The molecule has 1 unspecified atom stereocenters. The predicted molar refractivity (Wildman–Crippen MR) is 102 cm³/mol. The van der Waals surface area contributed by atoms with Gasteiger partial charge < -0.3 is 0 Å². The number of hydrogen-bond donors (Lipinski definition) is 0. The fraction of sp³-hybridized carbons (Fsp3) is 0.478. The van der Waals surface area contributed by atoms with Crippen LogP contribution in [0.5, 0.6) is 0 Å². The van der Waals surface area contributed by atoms with Gasteiger partial charge in [0.15, 0.2) is 0 Å². The van der Waals surface area contributed by atoms with Gasteiger partial charge in [-0.05, 0) is 39.5 Å². The van der Waals surface area contributed by atoms with Gasteiger partial charge in [0, 0.05) is 5.92 Å². The van der Waals surface area contributed by atoms with E-state index in [1.165, 1.54) is 22.3 Å². The molecule has 23 heavy (non-hydrogen) atoms. The Morgan fingerprint density at radius 3 is 1.74 bits per heavy atom. The second-order valence-corrected chi connectivity index (χ2v) is 8.68. The van der Waals surface area contributed by atoms with E-state index in [1.54, 1.807) is 0 Å². The van der Waals surface area contributed by atoms with Crippen LogP contribution in [0.1, 0.15) is 83.1 Å². The van der Waals surface area contributed by atoms with Gasteiger partial charge >= 0.3 is 0 Å². The average molecular weight is 309 g/mol.